The summed E-state index contributed by atoms with van der Waals surface area (Å²) in [5, 5.41) is 3.35. The molecule has 7 nitrogen and oxygen atoms in total. The van der Waals surface area contributed by atoms with Crippen molar-refractivity contribution in [2.75, 3.05) is 30.8 Å². The number of aryl methyl sites for hydroxylation is 1. The van der Waals surface area contributed by atoms with E-state index >= 15 is 0 Å². The van der Waals surface area contributed by atoms with E-state index in [0.29, 0.717) is 34.3 Å². The molecular formula is C25H27ClN2O5S. The van der Waals surface area contributed by atoms with Crippen molar-refractivity contribution in [1.29, 1.82) is 0 Å². The van der Waals surface area contributed by atoms with Gasteiger partial charge in [0.05, 0.1) is 32.1 Å². The fourth-order valence-electron chi connectivity index (χ4n) is 3.37. The number of hydrogen-bond acceptors (Lipinski definition) is 5. The van der Waals surface area contributed by atoms with Crippen molar-refractivity contribution in [3.05, 3.63) is 88.4 Å². The number of halogens is 1. The van der Waals surface area contributed by atoms with Crippen LogP contribution in [0.5, 0.6) is 11.5 Å². The van der Waals surface area contributed by atoms with Crippen molar-refractivity contribution in [2.24, 2.45) is 0 Å². The molecule has 0 aliphatic heterocycles. The maximum absolute atomic E-state index is 12.5. The van der Waals surface area contributed by atoms with Gasteiger partial charge in [-0.15, -0.1) is 0 Å². The van der Waals surface area contributed by atoms with Crippen LogP contribution in [0, 0.1) is 6.92 Å². The molecule has 9 heteroatoms. The highest BCUT2D eigenvalue weighted by Gasteiger charge is 2.20. The number of amides is 1. The van der Waals surface area contributed by atoms with Crippen molar-refractivity contribution in [1.82, 2.24) is 5.32 Å². The number of benzene rings is 3. The average molecular weight is 503 g/mol. The van der Waals surface area contributed by atoms with Crippen LogP contribution in [0.25, 0.3) is 0 Å². The summed E-state index contributed by atoms with van der Waals surface area (Å²) in [6.45, 7) is 2.55. The first kappa shape index (κ1) is 25.4. The molecule has 0 heterocycles. The molecule has 0 spiro atoms. The first-order chi connectivity index (χ1) is 16.2. The molecule has 0 saturated carbocycles. The van der Waals surface area contributed by atoms with Crippen molar-refractivity contribution >= 4 is 33.2 Å². The fourth-order valence-corrected chi connectivity index (χ4v) is 4.55. The smallest absolute Gasteiger partial charge is 0.251 e. The van der Waals surface area contributed by atoms with E-state index in [1.165, 1.54) is 4.31 Å². The van der Waals surface area contributed by atoms with Crippen molar-refractivity contribution in [3.8, 4) is 11.5 Å². The van der Waals surface area contributed by atoms with E-state index in [9.17, 15) is 13.2 Å². The number of rotatable bonds is 10. The van der Waals surface area contributed by atoms with Gasteiger partial charge in [0.15, 0.2) is 11.5 Å². The van der Waals surface area contributed by atoms with Gasteiger partial charge in [-0.1, -0.05) is 35.9 Å². The predicted molar refractivity (Wildman–Crippen MR) is 134 cm³/mol. The minimum atomic E-state index is -3.53. The summed E-state index contributed by atoms with van der Waals surface area (Å²) < 4.78 is 37.1. The summed E-state index contributed by atoms with van der Waals surface area (Å²) in [7, 11) is -1.96. The number of nitrogens with zero attached hydrogens (tertiary/aromatic N) is 1. The number of ether oxygens (including phenoxy) is 2. The molecule has 0 aliphatic rings. The van der Waals surface area contributed by atoms with Crippen LogP contribution in [0.4, 0.5) is 5.69 Å². The van der Waals surface area contributed by atoms with Crippen molar-refractivity contribution < 1.29 is 22.7 Å². The van der Waals surface area contributed by atoms with Gasteiger partial charge in [-0.3, -0.25) is 9.10 Å². The van der Waals surface area contributed by atoms with Crippen LogP contribution < -0.4 is 19.1 Å². The van der Waals surface area contributed by atoms with Gasteiger partial charge in [0, 0.05) is 10.6 Å². The molecule has 34 heavy (non-hydrogen) atoms. The highest BCUT2D eigenvalue weighted by atomic mass is 35.5. The number of nitrogens with one attached hydrogen (secondary N) is 1. The predicted octanol–water partition coefficient (Wildman–Crippen LogP) is 4.43. The van der Waals surface area contributed by atoms with E-state index in [2.05, 4.69) is 5.32 Å². The van der Waals surface area contributed by atoms with E-state index in [0.717, 1.165) is 17.4 Å². The molecule has 0 atom stereocenters. The monoisotopic (exact) mass is 502 g/mol. The molecule has 1 N–H and O–H groups in total. The number of carbonyl (C=O) groups is 1. The Balaban J connectivity index is 1.60. The lowest BCUT2D eigenvalue weighted by molar-refractivity contribution is 0.0947. The van der Waals surface area contributed by atoms with E-state index in [1.54, 1.807) is 61.7 Å². The third-order valence-electron chi connectivity index (χ3n) is 5.08. The van der Waals surface area contributed by atoms with Gasteiger partial charge in [-0.25, -0.2) is 8.42 Å². The Labute approximate surface area is 205 Å². The standard InChI is InChI=1S/C25H27ClN2O5S/c1-18-16-21(26)12-13-22(18)28(34(3,30)31)17-19-8-10-20(11-9-19)25(29)27-14-15-33-24-7-5-4-6-23(24)32-2/h4-13,16H,14-15,17H2,1-3H3,(H,27,29). The maximum atomic E-state index is 12.5. The maximum Gasteiger partial charge on any atom is 0.251 e. The molecule has 0 saturated heterocycles. The van der Waals surface area contributed by atoms with Gasteiger partial charge in [0.1, 0.15) is 6.61 Å². The second-order valence-electron chi connectivity index (χ2n) is 7.65. The second-order valence-corrected chi connectivity index (χ2v) is 10.00. The number of methoxy groups -OCH3 is 1. The Hall–Kier alpha value is -3.23. The minimum Gasteiger partial charge on any atom is -0.493 e. The van der Waals surface area contributed by atoms with E-state index in [1.807, 2.05) is 19.1 Å². The molecule has 3 aromatic carbocycles. The molecular weight excluding hydrogens is 476 g/mol. The van der Waals surface area contributed by atoms with Crippen molar-refractivity contribution in [3.63, 3.8) is 0 Å². The largest absolute Gasteiger partial charge is 0.493 e. The summed E-state index contributed by atoms with van der Waals surface area (Å²) in [5.41, 5.74) is 2.53. The summed E-state index contributed by atoms with van der Waals surface area (Å²) in [6, 6.07) is 19.2. The molecule has 0 bridgehead atoms. The Bertz CT molecular complexity index is 1250. The quantitative estimate of drug-likeness (QED) is 0.414. The van der Waals surface area contributed by atoms with Crippen molar-refractivity contribution in [2.45, 2.75) is 13.5 Å². The van der Waals surface area contributed by atoms with Gasteiger partial charge < -0.3 is 14.8 Å². The Morgan fingerprint density at radius 3 is 2.32 bits per heavy atom. The lowest BCUT2D eigenvalue weighted by Crippen LogP contribution is -2.30. The zero-order valence-electron chi connectivity index (χ0n) is 19.2. The van der Waals surface area contributed by atoms with Crippen LogP contribution in [0.3, 0.4) is 0 Å². The van der Waals surface area contributed by atoms with Crippen LogP contribution in [0.1, 0.15) is 21.5 Å². The molecule has 0 radical (unpaired) electrons. The van der Waals surface area contributed by atoms with Gasteiger partial charge in [-0.05, 0) is 60.5 Å². The zero-order chi connectivity index (χ0) is 24.7. The molecule has 0 aliphatic carbocycles. The normalized spacial score (nSPS) is 11.1. The molecule has 0 fully saturated rings. The van der Waals surface area contributed by atoms with E-state index < -0.39 is 10.0 Å². The number of anilines is 1. The van der Waals surface area contributed by atoms with E-state index in [4.69, 9.17) is 21.1 Å². The first-order valence-electron chi connectivity index (χ1n) is 10.6. The van der Waals surface area contributed by atoms with Gasteiger partial charge >= 0.3 is 0 Å². The Kier molecular flexibility index (Phi) is 8.41. The molecule has 180 valence electrons. The third kappa shape index (κ3) is 6.65. The average Bonchev–Trinajstić information content (AvgIpc) is 2.80. The van der Waals surface area contributed by atoms with Crippen LogP contribution in [0.2, 0.25) is 5.02 Å². The lowest BCUT2D eigenvalue weighted by atomic mass is 10.1. The molecule has 1 amide bonds. The molecule has 0 aromatic heterocycles. The minimum absolute atomic E-state index is 0.135. The van der Waals surface area contributed by atoms with E-state index in [-0.39, 0.29) is 19.1 Å². The number of sulfonamides is 1. The number of para-hydroxylation sites is 2. The Morgan fingerprint density at radius 2 is 1.71 bits per heavy atom. The summed E-state index contributed by atoms with van der Waals surface area (Å²) >= 11 is 6.01. The zero-order valence-corrected chi connectivity index (χ0v) is 20.8. The van der Waals surface area contributed by atoms with Crippen LogP contribution >= 0.6 is 11.6 Å². The lowest BCUT2D eigenvalue weighted by Gasteiger charge is -2.24. The summed E-state index contributed by atoms with van der Waals surface area (Å²) in [4.78, 5) is 12.5. The molecule has 0 unspecified atom stereocenters. The summed E-state index contributed by atoms with van der Waals surface area (Å²) in [6.07, 6.45) is 1.16. The third-order valence-corrected chi connectivity index (χ3v) is 6.45. The van der Waals surface area contributed by atoms with Gasteiger partial charge in [0.2, 0.25) is 10.0 Å². The van der Waals surface area contributed by atoms with Gasteiger partial charge in [-0.2, -0.15) is 0 Å². The number of hydrogen-bond donors (Lipinski definition) is 1. The summed E-state index contributed by atoms with van der Waals surface area (Å²) in [5.74, 6) is 0.986. The Morgan fingerprint density at radius 1 is 1.03 bits per heavy atom. The van der Waals surface area contributed by atoms with Crippen LogP contribution in [-0.2, 0) is 16.6 Å². The SMILES string of the molecule is COc1ccccc1OCCNC(=O)c1ccc(CN(c2ccc(Cl)cc2C)S(C)(=O)=O)cc1. The first-order valence-corrected chi connectivity index (χ1v) is 12.8. The highest BCUT2D eigenvalue weighted by Crippen LogP contribution is 2.27. The second kappa shape index (κ2) is 11.3. The highest BCUT2D eigenvalue weighted by molar-refractivity contribution is 7.92. The van der Waals surface area contributed by atoms with Gasteiger partial charge in [0.25, 0.3) is 5.91 Å². The van der Waals surface area contributed by atoms with Crippen LogP contribution in [-0.4, -0.2) is 40.8 Å². The fraction of sp³-hybridized carbons (Fsp3) is 0.240. The molecule has 3 aromatic rings. The number of carbonyl (C=O) groups excluding carboxylic acids is 1. The molecule has 3 rings (SSSR count). The topological polar surface area (TPSA) is 84.9 Å². The van der Waals surface area contributed by atoms with Crippen LogP contribution in [0.15, 0.2) is 66.7 Å².